The zero-order chi connectivity index (χ0) is 23.9. The molecule has 8 heteroatoms. The minimum Gasteiger partial charge on any atom is -0.506 e. The number of para-hydroxylation sites is 2. The van der Waals surface area contributed by atoms with Gasteiger partial charge in [-0.1, -0.05) is 36.4 Å². The largest absolute Gasteiger partial charge is 0.506 e. The number of aryl methyl sites for hydroxylation is 1. The molecular weight excluding hydrogens is 448 g/mol. The first-order valence-corrected chi connectivity index (χ1v) is 12.3. The third-order valence-electron chi connectivity index (χ3n) is 6.22. The van der Waals surface area contributed by atoms with Crippen LogP contribution in [0.5, 0.6) is 0 Å². The van der Waals surface area contributed by atoms with Crippen LogP contribution in [0.4, 0.5) is 0 Å². The first-order valence-electron chi connectivity index (χ1n) is 10.8. The molecule has 0 saturated carbocycles. The summed E-state index contributed by atoms with van der Waals surface area (Å²) in [7, 11) is -1.92. The van der Waals surface area contributed by atoms with Gasteiger partial charge in [-0.25, -0.2) is 13.4 Å². The van der Waals surface area contributed by atoms with E-state index < -0.39 is 10.0 Å². The highest BCUT2D eigenvalue weighted by molar-refractivity contribution is 7.89. The van der Waals surface area contributed by atoms with E-state index in [-0.39, 0.29) is 16.2 Å². The molecule has 0 aliphatic carbocycles. The summed E-state index contributed by atoms with van der Waals surface area (Å²) in [6.07, 6.45) is 0.667. The Bertz CT molecular complexity index is 1580. The predicted molar refractivity (Wildman–Crippen MR) is 130 cm³/mol. The van der Waals surface area contributed by atoms with E-state index in [4.69, 9.17) is 0 Å². The minimum absolute atomic E-state index is 0.0157. The van der Waals surface area contributed by atoms with E-state index in [9.17, 15) is 18.8 Å². The van der Waals surface area contributed by atoms with Crippen molar-refractivity contribution in [3.8, 4) is 6.07 Å². The van der Waals surface area contributed by atoms with E-state index in [1.165, 1.54) is 34.1 Å². The van der Waals surface area contributed by atoms with Gasteiger partial charge in [0, 0.05) is 25.7 Å². The van der Waals surface area contributed by atoms with E-state index in [0.717, 1.165) is 11.1 Å². The molecule has 1 aliphatic rings. The van der Waals surface area contributed by atoms with Gasteiger partial charge in [0.2, 0.25) is 10.0 Å². The Morgan fingerprint density at radius 1 is 1.00 bits per heavy atom. The van der Waals surface area contributed by atoms with Crippen LogP contribution in [0, 0.1) is 11.3 Å². The molecule has 0 spiro atoms. The van der Waals surface area contributed by atoms with Crippen molar-refractivity contribution in [2.45, 2.75) is 17.9 Å². The fraction of sp³-hybridized carbons (Fsp3) is 0.154. The lowest BCUT2D eigenvalue weighted by Crippen LogP contribution is -2.35. The van der Waals surface area contributed by atoms with Gasteiger partial charge in [-0.05, 0) is 53.9 Å². The van der Waals surface area contributed by atoms with Gasteiger partial charge in [0.05, 0.1) is 15.9 Å². The van der Waals surface area contributed by atoms with Gasteiger partial charge >= 0.3 is 0 Å². The fourth-order valence-corrected chi connectivity index (χ4v) is 5.75. The Morgan fingerprint density at radius 2 is 1.68 bits per heavy atom. The van der Waals surface area contributed by atoms with Crippen LogP contribution >= 0.6 is 0 Å². The van der Waals surface area contributed by atoms with Crippen LogP contribution in [-0.4, -0.2) is 33.9 Å². The summed E-state index contributed by atoms with van der Waals surface area (Å²) in [4.78, 5) is 4.63. The Balaban J connectivity index is 1.47. The molecule has 0 bridgehead atoms. The molecule has 0 saturated heterocycles. The second-order valence-electron chi connectivity index (χ2n) is 8.20. The average Bonchev–Trinajstić information content (AvgIpc) is 3.20. The summed E-state index contributed by atoms with van der Waals surface area (Å²) in [5, 5.41) is 20.7. The number of hydrogen-bond donors (Lipinski definition) is 1. The van der Waals surface area contributed by atoms with Crippen LogP contribution in [0.15, 0.2) is 77.7 Å². The number of imidazole rings is 1. The summed E-state index contributed by atoms with van der Waals surface area (Å²) in [6, 6.07) is 23.3. The first-order chi connectivity index (χ1) is 16.4. The zero-order valence-electron chi connectivity index (χ0n) is 18.5. The lowest BCUT2D eigenvalue weighted by atomic mass is 10.0. The molecular formula is C26H22N4O3S. The number of nitriles is 1. The number of aliphatic hydroxyl groups is 1. The maximum atomic E-state index is 13.2. The molecule has 1 aromatic heterocycles. The summed E-state index contributed by atoms with van der Waals surface area (Å²) >= 11 is 0. The van der Waals surface area contributed by atoms with Gasteiger partial charge in [-0.3, -0.25) is 0 Å². The van der Waals surface area contributed by atoms with Crippen LogP contribution in [0.1, 0.15) is 22.5 Å². The molecule has 1 N–H and O–H groups in total. The van der Waals surface area contributed by atoms with Crippen molar-refractivity contribution in [2.24, 2.45) is 7.05 Å². The summed E-state index contributed by atoms with van der Waals surface area (Å²) in [5.74, 6) is 0.0848. The topological polar surface area (TPSA) is 99.2 Å². The van der Waals surface area contributed by atoms with E-state index in [0.29, 0.717) is 36.4 Å². The van der Waals surface area contributed by atoms with Crippen molar-refractivity contribution in [2.75, 3.05) is 6.54 Å². The van der Waals surface area contributed by atoms with Gasteiger partial charge in [-0.2, -0.15) is 9.57 Å². The van der Waals surface area contributed by atoms with E-state index in [2.05, 4.69) is 4.98 Å². The molecule has 170 valence electrons. The van der Waals surface area contributed by atoms with E-state index >= 15 is 0 Å². The standard InChI is InChI=1S/C26H22N4O3S/c1-29-24-9-5-4-8-23(24)28-26(29)22(16-27)25(31)19-10-12-21(13-11-19)34(32,33)30-15-14-18-6-2-3-7-20(18)17-30/h2-13,31H,14-15,17H2,1H3/b25-22+. The third kappa shape index (κ3) is 3.65. The van der Waals surface area contributed by atoms with Crippen LogP contribution < -0.4 is 0 Å². The molecule has 0 unspecified atom stereocenters. The molecule has 4 aromatic rings. The van der Waals surface area contributed by atoms with Crippen molar-refractivity contribution in [1.82, 2.24) is 13.9 Å². The molecule has 2 heterocycles. The van der Waals surface area contributed by atoms with E-state index in [1.807, 2.05) is 54.6 Å². The number of fused-ring (bicyclic) bond motifs is 2. The smallest absolute Gasteiger partial charge is 0.243 e. The third-order valence-corrected chi connectivity index (χ3v) is 8.08. The second-order valence-corrected chi connectivity index (χ2v) is 10.1. The SMILES string of the molecule is Cn1c(/C(C#N)=C(/O)c2ccc(S(=O)(=O)N3CCc4ccccc4C3)cc2)nc2ccccc21. The van der Waals surface area contributed by atoms with Crippen molar-refractivity contribution >= 4 is 32.4 Å². The maximum Gasteiger partial charge on any atom is 0.243 e. The van der Waals surface area contributed by atoms with Crippen molar-refractivity contribution < 1.29 is 13.5 Å². The lowest BCUT2D eigenvalue weighted by Gasteiger charge is -2.28. The number of nitrogens with zero attached hydrogens (tertiary/aromatic N) is 4. The van der Waals surface area contributed by atoms with Crippen LogP contribution in [0.3, 0.4) is 0 Å². The number of aliphatic hydroxyl groups excluding tert-OH is 1. The van der Waals surface area contributed by atoms with Crippen molar-refractivity contribution in [3.05, 3.63) is 95.3 Å². The van der Waals surface area contributed by atoms with Gasteiger partial charge in [-0.15, -0.1) is 0 Å². The first kappa shape index (κ1) is 21.9. The highest BCUT2D eigenvalue weighted by Gasteiger charge is 2.28. The molecule has 0 atom stereocenters. The number of rotatable bonds is 4. The van der Waals surface area contributed by atoms with Gasteiger partial charge < -0.3 is 9.67 Å². The van der Waals surface area contributed by atoms with Gasteiger partial charge in [0.15, 0.2) is 5.82 Å². The molecule has 34 heavy (non-hydrogen) atoms. The molecule has 3 aromatic carbocycles. The van der Waals surface area contributed by atoms with Gasteiger partial charge in [0.25, 0.3) is 0 Å². The van der Waals surface area contributed by atoms with Crippen LogP contribution in [0.25, 0.3) is 22.4 Å². The van der Waals surface area contributed by atoms with Crippen LogP contribution in [-0.2, 0) is 30.0 Å². The Morgan fingerprint density at radius 3 is 2.38 bits per heavy atom. The van der Waals surface area contributed by atoms with E-state index in [1.54, 1.807) is 11.6 Å². The maximum absolute atomic E-state index is 13.2. The van der Waals surface area contributed by atoms with Crippen molar-refractivity contribution in [3.63, 3.8) is 0 Å². The summed E-state index contributed by atoms with van der Waals surface area (Å²) in [6.45, 7) is 0.744. The number of allylic oxidation sites excluding steroid dienone is 1. The molecule has 0 radical (unpaired) electrons. The van der Waals surface area contributed by atoms with Gasteiger partial charge in [0.1, 0.15) is 17.4 Å². The highest BCUT2D eigenvalue weighted by Crippen LogP contribution is 2.29. The fourth-order valence-electron chi connectivity index (χ4n) is 4.33. The Hall–Kier alpha value is -3.93. The molecule has 0 amide bonds. The normalized spacial score (nSPS) is 14.9. The van der Waals surface area contributed by atoms with Crippen molar-refractivity contribution in [1.29, 1.82) is 5.26 Å². The quantitative estimate of drug-likeness (QED) is 0.355. The Labute approximate surface area is 197 Å². The monoisotopic (exact) mass is 470 g/mol. The number of benzene rings is 3. The minimum atomic E-state index is -3.70. The lowest BCUT2D eigenvalue weighted by molar-refractivity contribution is 0.391. The Kier molecular flexibility index (Phi) is 5.44. The predicted octanol–water partition coefficient (Wildman–Crippen LogP) is 4.27. The highest BCUT2D eigenvalue weighted by atomic mass is 32.2. The molecule has 1 aliphatic heterocycles. The van der Waals surface area contributed by atoms with Crippen LogP contribution in [0.2, 0.25) is 0 Å². The molecule has 0 fully saturated rings. The summed E-state index contributed by atoms with van der Waals surface area (Å²) < 4.78 is 29.7. The average molecular weight is 471 g/mol. The second kappa shape index (κ2) is 8.45. The summed E-state index contributed by atoms with van der Waals surface area (Å²) in [5.41, 5.74) is 4.09. The zero-order valence-corrected chi connectivity index (χ0v) is 19.3. The number of hydrogen-bond acceptors (Lipinski definition) is 5. The number of sulfonamides is 1. The molecule has 5 rings (SSSR count). The molecule has 7 nitrogen and oxygen atoms in total. The number of aromatic nitrogens is 2.